The second-order valence-corrected chi connectivity index (χ2v) is 8.20. The van der Waals surface area contributed by atoms with E-state index < -0.39 is 0 Å². The predicted octanol–water partition coefficient (Wildman–Crippen LogP) is 2.86. The van der Waals surface area contributed by atoms with Crippen molar-refractivity contribution in [3.63, 3.8) is 0 Å². The molecule has 1 aromatic carbocycles. The lowest BCUT2D eigenvalue weighted by atomic mass is 9.99. The van der Waals surface area contributed by atoms with Crippen molar-refractivity contribution < 1.29 is 14.0 Å². The van der Waals surface area contributed by atoms with Crippen LogP contribution in [0.4, 0.5) is 10.2 Å². The number of carbonyl (C=O) groups excluding carboxylic acids is 2. The van der Waals surface area contributed by atoms with Gasteiger partial charge in [-0.25, -0.2) is 14.4 Å². The molecule has 1 aromatic heterocycles. The smallest absolute Gasteiger partial charge is 0.227 e. The van der Waals surface area contributed by atoms with Crippen LogP contribution in [0.25, 0.3) is 0 Å². The molecule has 0 bridgehead atoms. The number of hydrogen-bond acceptors (Lipinski definition) is 5. The van der Waals surface area contributed by atoms with Crippen molar-refractivity contribution in [2.45, 2.75) is 51.6 Å². The van der Waals surface area contributed by atoms with Gasteiger partial charge in [-0.1, -0.05) is 12.1 Å². The number of carbonyl (C=O) groups is 2. The zero-order chi connectivity index (χ0) is 22.0. The number of nitrogens with zero attached hydrogens (tertiary/aromatic N) is 4. The van der Waals surface area contributed by atoms with Gasteiger partial charge in [0.25, 0.3) is 0 Å². The van der Waals surface area contributed by atoms with Crippen molar-refractivity contribution in [1.29, 1.82) is 0 Å². The van der Waals surface area contributed by atoms with Gasteiger partial charge in [-0.2, -0.15) is 0 Å². The summed E-state index contributed by atoms with van der Waals surface area (Å²) in [4.78, 5) is 38.2. The number of hydrogen-bond donors (Lipinski definition) is 1. The topological polar surface area (TPSA) is 78.4 Å². The number of amides is 2. The van der Waals surface area contributed by atoms with Crippen LogP contribution in [0.2, 0.25) is 0 Å². The van der Waals surface area contributed by atoms with Crippen LogP contribution >= 0.6 is 0 Å². The molecule has 164 valence electrons. The number of fused-ring (bicyclic) bond motifs is 1. The Bertz CT molecular complexity index is 961. The highest BCUT2D eigenvalue weighted by Crippen LogP contribution is 2.32. The molecule has 8 heteroatoms. The van der Waals surface area contributed by atoms with Crippen LogP contribution < -0.4 is 5.32 Å². The lowest BCUT2D eigenvalue weighted by molar-refractivity contribution is -0.133. The van der Waals surface area contributed by atoms with Gasteiger partial charge in [0.2, 0.25) is 11.8 Å². The van der Waals surface area contributed by atoms with E-state index in [9.17, 15) is 14.0 Å². The minimum Gasteiger partial charge on any atom is -0.373 e. The normalized spacial score (nSPS) is 18.5. The summed E-state index contributed by atoms with van der Waals surface area (Å²) in [6.07, 6.45) is 3.80. The summed E-state index contributed by atoms with van der Waals surface area (Å²) in [5, 5.41) is 3.16. The lowest BCUT2D eigenvalue weighted by Crippen LogP contribution is -2.40. The van der Waals surface area contributed by atoms with Crippen LogP contribution in [-0.2, 0) is 29.0 Å². The predicted molar refractivity (Wildman–Crippen MR) is 115 cm³/mol. The van der Waals surface area contributed by atoms with E-state index in [1.165, 1.54) is 12.1 Å². The number of aromatic nitrogens is 2. The van der Waals surface area contributed by atoms with Crippen molar-refractivity contribution in [3.05, 3.63) is 52.7 Å². The zero-order valence-electron chi connectivity index (χ0n) is 18.0. The van der Waals surface area contributed by atoms with Gasteiger partial charge < -0.3 is 15.1 Å². The van der Waals surface area contributed by atoms with Crippen molar-refractivity contribution in [2.24, 2.45) is 0 Å². The van der Waals surface area contributed by atoms with Crippen LogP contribution in [0.3, 0.4) is 0 Å². The fraction of sp³-hybridized carbons (Fsp3) is 0.478. The molecule has 31 heavy (non-hydrogen) atoms. The Morgan fingerprint density at radius 2 is 1.94 bits per heavy atom. The van der Waals surface area contributed by atoms with Gasteiger partial charge in [-0.15, -0.1) is 0 Å². The molecule has 1 atom stereocenters. The first-order valence-corrected chi connectivity index (χ1v) is 10.8. The Kier molecular flexibility index (Phi) is 6.15. The summed E-state index contributed by atoms with van der Waals surface area (Å²) in [5.41, 5.74) is 2.66. The van der Waals surface area contributed by atoms with Gasteiger partial charge in [-0.3, -0.25) is 9.59 Å². The number of rotatable bonds is 4. The molecule has 0 saturated carbocycles. The van der Waals surface area contributed by atoms with Gasteiger partial charge in [0, 0.05) is 39.0 Å². The average molecular weight is 426 g/mol. The standard InChI is InChI=1S/C23H28FN5O2/c1-15(30)29-11-4-3-5-20(29)23-26-19-10-12-28(14-18(19)22(25-2)27-23)21(31)13-16-6-8-17(24)9-7-16/h6-9,20H,3-5,10-14H2,1-2H3,(H,25,26,27). The minimum absolute atomic E-state index is 0.00146. The fourth-order valence-corrected chi connectivity index (χ4v) is 4.47. The molecule has 0 radical (unpaired) electrons. The van der Waals surface area contributed by atoms with E-state index in [0.29, 0.717) is 31.2 Å². The van der Waals surface area contributed by atoms with Crippen LogP contribution in [-0.4, -0.2) is 51.7 Å². The molecule has 1 unspecified atom stereocenters. The Labute approximate surface area is 181 Å². The SMILES string of the molecule is CNc1nc(C2CCCCN2C(C)=O)nc2c1CN(C(=O)Cc1ccc(F)cc1)CC2. The first kappa shape index (κ1) is 21.2. The second kappa shape index (κ2) is 8.99. The van der Waals surface area contributed by atoms with Crippen molar-refractivity contribution >= 4 is 17.6 Å². The highest BCUT2D eigenvalue weighted by molar-refractivity contribution is 5.79. The van der Waals surface area contributed by atoms with Gasteiger partial charge >= 0.3 is 0 Å². The van der Waals surface area contributed by atoms with Crippen LogP contribution in [0.1, 0.15) is 54.9 Å². The fourth-order valence-electron chi connectivity index (χ4n) is 4.47. The number of piperidine rings is 1. The third kappa shape index (κ3) is 4.52. The average Bonchev–Trinajstić information content (AvgIpc) is 2.79. The third-order valence-electron chi connectivity index (χ3n) is 6.14. The first-order chi connectivity index (χ1) is 15.0. The summed E-state index contributed by atoms with van der Waals surface area (Å²) in [5.74, 6) is 1.14. The molecule has 2 aliphatic rings. The highest BCUT2D eigenvalue weighted by Gasteiger charge is 2.31. The lowest BCUT2D eigenvalue weighted by Gasteiger charge is -2.35. The maximum absolute atomic E-state index is 13.1. The number of likely N-dealkylation sites (tertiary alicyclic amines) is 1. The van der Waals surface area contributed by atoms with Crippen molar-refractivity contribution in [2.75, 3.05) is 25.5 Å². The number of nitrogens with one attached hydrogen (secondary N) is 1. The molecule has 1 N–H and O–H groups in total. The van der Waals surface area contributed by atoms with E-state index in [1.807, 2.05) is 11.9 Å². The van der Waals surface area contributed by atoms with Crippen LogP contribution in [0, 0.1) is 5.82 Å². The van der Waals surface area contributed by atoms with Gasteiger partial charge in [0.05, 0.1) is 24.7 Å². The van der Waals surface area contributed by atoms with E-state index in [-0.39, 0.29) is 30.1 Å². The third-order valence-corrected chi connectivity index (χ3v) is 6.14. The maximum Gasteiger partial charge on any atom is 0.227 e. The summed E-state index contributed by atoms with van der Waals surface area (Å²) in [7, 11) is 1.81. The van der Waals surface area contributed by atoms with E-state index in [0.717, 1.165) is 42.6 Å². The molecule has 7 nitrogen and oxygen atoms in total. The summed E-state index contributed by atoms with van der Waals surface area (Å²) < 4.78 is 13.1. The van der Waals surface area contributed by atoms with E-state index >= 15 is 0 Å². The van der Waals surface area contributed by atoms with Crippen molar-refractivity contribution in [3.8, 4) is 0 Å². The molecular weight excluding hydrogens is 397 g/mol. The van der Waals surface area contributed by atoms with Crippen molar-refractivity contribution in [1.82, 2.24) is 19.8 Å². The Morgan fingerprint density at radius 3 is 2.65 bits per heavy atom. The Hall–Kier alpha value is -3.03. The van der Waals surface area contributed by atoms with E-state index in [1.54, 1.807) is 24.0 Å². The van der Waals surface area contributed by atoms with Gasteiger partial charge in [0.1, 0.15) is 11.6 Å². The van der Waals surface area contributed by atoms with Crippen LogP contribution in [0.5, 0.6) is 0 Å². The molecule has 0 aliphatic carbocycles. The molecular formula is C23H28FN5O2. The number of anilines is 1. The quantitative estimate of drug-likeness (QED) is 0.815. The Balaban J connectivity index is 1.54. The van der Waals surface area contributed by atoms with Crippen LogP contribution in [0.15, 0.2) is 24.3 Å². The largest absolute Gasteiger partial charge is 0.373 e. The summed E-state index contributed by atoms with van der Waals surface area (Å²) in [6, 6.07) is 5.94. The monoisotopic (exact) mass is 425 g/mol. The molecule has 3 heterocycles. The maximum atomic E-state index is 13.1. The highest BCUT2D eigenvalue weighted by atomic mass is 19.1. The first-order valence-electron chi connectivity index (χ1n) is 10.8. The number of benzene rings is 1. The van der Waals surface area contributed by atoms with E-state index in [2.05, 4.69) is 5.32 Å². The molecule has 4 rings (SSSR count). The zero-order valence-corrected chi connectivity index (χ0v) is 18.0. The van der Waals surface area contributed by atoms with Gasteiger partial charge in [0.15, 0.2) is 5.82 Å². The molecule has 2 amide bonds. The second-order valence-electron chi connectivity index (χ2n) is 8.20. The molecule has 2 aromatic rings. The minimum atomic E-state index is -0.309. The Morgan fingerprint density at radius 1 is 1.16 bits per heavy atom. The summed E-state index contributed by atoms with van der Waals surface area (Å²) >= 11 is 0. The summed E-state index contributed by atoms with van der Waals surface area (Å²) in [6.45, 7) is 3.35. The molecule has 1 saturated heterocycles. The molecule has 2 aliphatic heterocycles. The molecule has 1 fully saturated rings. The molecule has 0 spiro atoms. The van der Waals surface area contributed by atoms with Gasteiger partial charge in [-0.05, 0) is 37.0 Å². The number of halogens is 1. The van der Waals surface area contributed by atoms with E-state index in [4.69, 9.17) is 9.97 Å².